The van der Waals surface area contributed by atoms with Gasteiger partial charge in [-0.25, -0.2) is 4.79 Å². The highest BCUT2D eigenvalue weighted by atomic mass is 16.5. The Kier molecular flexibility index (Phi) is 3.29. The Bertz CT molecular complexity index is 478. The van der Waals surface area contributed by atoms with Crippen molar-refractivity contribution in [3.63, 3.8) is 0 Å². The number of nitrogens with zero attached hydrogens (tertiary/aromatic N) is 2. The van der Waals surface area contributed by atoms with Crippen molar-refractivity contribution in [2.24, 2.45) is 0 Å². The molecule has 2 aliphatic heterocycles. The van der Waals surface area contributed by atoms with Crippen LogP contribution < -0.4 is 15.0 Å². The van der Waals surface area contributed by atoms with Gasteiger partial charge in [0.2, 0.25) is 0 Å². The van der Waals surface area contributed by atoms with Gasteiger partial charge in [0, 0.05) is 26.2 Å². The van der Waals surface area contributed by atoms with Gasteiger partial charge in [-0.15, -0.1) is 0 Å². The number of rotatable bonds is 3. The molecule has 102 valence electrons. The van der Waals surface area contributed by atoms with Gasteiger partial charge in [0.05, 0.1) is 18.3 Å². The monoisotopic (exact) mass is 261 g/mol. The van der Waals surface area contributed by atoms with E-state index < -0.39 is 0 Å². The zero-order valence-electron chi connectivity index (χ0n) is 11.1. The first-order valence-electron chi connectivity index (χ1n) is 6.82. The van der Waals surface area contributed by atoms with Crippen molar-refractivity contribution in [3.8, 4) is 5.75 Å². The van der Waals surface area contributed by atoms with Crippen LogP contribution in [0.2, 0.25) is 0 Å². The number of piperazine rings is 1. The highest BCUT2D eigenvalue weighted by molar-refractivity contribution is 5.96. The van der Waals surface area contributed by atoms with E-state index in [0.29, 0.717) is 6.61 Å². The minimum atomic E-state index is 0.0960. The van der Waals surface area contributed by atoms with Gasteiger partial charge in [0.1, 0.15) is 5.75 Å². The number of carbonyl (C=O) groups is 1. The molecule has 2 fully saturated rings. The van der Waals surface area contributed by atoms with Gasteiger partial charge in [-0.3, -0.25) is 4.90 Å². The molecule has 2 amide bonds. The lowest BCUT2D eigenvalue weighted by Crippen LogP contribution is -2.49. The van der Waals surface area contributed by atoms with Crippen LogP contribution in [0.4, 0.5) is 10.5 Å². The molecule has 0 aromatic heterocycles. The number of urea groups is 1. The van der Waals surface area contributed by atoms with Crippen LogP contribution in [0.25, 0.3) is 0 Å². The number of carbonyl (C=O) groups excluding carboxylic acids is 1. The predicted molar refractivity (Wildman–Crippen MR) is 73.7 cm³/mol. The molecule has 0 spiro atoms. The molecule has 1 unspecified atom stereocenters. The highest BCUT2D eigenvalue weighted by Crippen LogP contribution is 2.32. The van der Waals surface area contributed by atoms with Gasteiger partial charge in [-0.1, -0.05) is 12.1 Å². The molecule has 5 nitrogen and oxygen atoms in total. The summed E-state index contributed by atoms with van der Waals surface area (Å²) in [5.74, 6) is 0.783. The minimum absolute atomic E-state index is 0.0960. The Hall–Kier alpha value is -1.75. The van der Waals surface area contributed by atoms with Gasteiger partial charge >= 0.3 is 6.03 Å². The molecule has 5 heteroatoms. The van der Waals surface area contributed by atoms with Crippen LogP contribution in [0.5, 0.6) is 5.75 Å². The number of amides is 2. The molecular weight excluding hydrogens is 242 g/mol. The van der Waals surface area contributed by atoms with E-state index in [0.717, 1.165) is 37.6 Å². The second kappa shape index (κ2) is 5.09. The molecule has 0 bridgehead atoms. The summed E-state index contributed by atoms with van der Waals surface area (Å²) in [6.45, 7) is 5.83. The van der Waals surface area contributed by atoms with E-state index in [1.807, 2.05) is 41.0 Å². The van der Waals surface area contributed by atoms with E-state index in [9.17, 15) is 4.79 Å². The molecule has 2 saturated heterocycles. The zero-order valence-corrected chi connectivity index (χ0v) is 11.1. The molecule has 0 radical (unpaired) electrons. The summed E-state index contributed by atoms with van der Waals surface area (Å²) in [4.78, 5) is 16.3. The standard InChI is InChI=1S/C14H19N3O2/c1-2-19-13-6-4-3-5-12(13)17-10-11-9-15-7-8-16(11)14(17)18/h3-6,11,15H,2,7-10H2,1H3. The summed E-state index contributed by atoms with van der Waals surface area (Å²) in [7, 11) is 0. The van der Waals surface area contributed by atoms with Crippen LogP contribution in [-0.4, -0.2) is 49.8 Å². The van der Waals surface area contributed by atoms with Crippen LogP contribution in [-0.2, 0) is 0 Å². The summed E-state index contributed by atoms with van der Waals surface area (Å²) < 4.78 is 5.62. The van der Waals surface area contributed by atoms with Crippen molar-refractivity contribution in [3.05, 3.63) is 24.3 Å². The van der Waals surface area contributed by atoms with Crippen molar-refractivity contribution >= 4 is 11.7 Å². The van der Waals surface area contributed by atoms with Crippen molar-refractivity contribution in [2.75, 3.05) is 37.7 Å². The number of nitrogens with one attached hydrogen (secondary N) is 1. The number of anilines is 1. The molecule has 1 aromatic rings. The summed E-state index contributed by atoms with van der Waals surface area (Å²) in [5.41, 5.74) is 0.878. The van der Waals surface area contributed by atoms with Gasteiger partial charge < -0.3 is 15.0 Å². The van der Waals surface area contributed by atoms with Crippen LogP contribution in [0.15, 0.2) is 24.3 Å². The predicted octanol–water partition coefficient (Wildman–Crippen LogP) is 1.30. The molecule has 2 aliphatic rings. The Morgan fingerprint density at radius 3 is 3.05 bits per heavy atom. The molecule has 0 aliphatic carbocycles. The van der Waals surface area contributed by atoms with Crippen LogP contribution in [0.3, 0.4) is 0 Å². The lowest BCUT2D eigenvalue weighted by molar-refractivity contribution is 0.193. The lowest BCUT2D eigenvalue weighted by atomic mass is 10.2. The van der Waals surface area contributed by atoms with Crippen molar-refractivity contribution < 1.29 is 9.53 Å². The molecular formula is C14H19N3O2. The first-order valence-corrected chi connectivity index (χ1v) is 6.82. The fourth-order valence-electron chi connectivity index (χ4n) is 2.78. The first-order chi connectivity index (χ1) is 9.31. The van der Waals surface area contributed by atoms with Crippen LogP contribution in [0.1, 0.15) is 6.92 Å². The van der Waals surface area contributed by atoms with Crippen molar-refractivity contribution in [2.45, 2.75) is 13.0 Å². The minimum Gasteiger partial charge on any atom is -0.492 e. The fourth-order valence-corrected chi connectivity index (χ4v) is 2.78. The Labute approximate surface area is 113 Å². The molecule has 2 heterocycles. The molecule has 1 N–H and O–H groups in total. The van der Waals surface area contributed by atoms with E-state index in [4.69, 9.17) is 4.74 Å². The van der Waals surface area contributed by atoms with Gasteiger partial charge in [-0.2, -0.15) is 0 Å². The number of ether oxygens (including phenoxy) is 1. The van der Waals surface area contributed by atoms with E-state index in [1.165, 1.54) is 0 Å². The summed E-state index contributed by atoms with van der Waals surface area (Å²) >= 11 is 0. The van der Waals surface area contributed by atoms with Crippen molar-refractivity contribution in [1.82, 2.24) is 10.2 Å². The molecule has 1 atom stereocenters. The molecule has 1 aromatic carbocycles. The normalized spacial score (nSPS) is 22.6. The summed E-state index contributed by atoms with van der Waals surface area (Å²) in [6.07, 6.45) is 0. The summed E-state index contributed by atoms with van der Waals surface area (Å²) in [6, 6.07) is 8.12. The van der Waals surface area contributed by atoms with Crippen LogP contribution in [0, 0.1) is 0 Å². The van der Waals surface area contributed by atoms with Gasteiger partial charge in [0.15, 0.2) is 0 Å². The molecule has 3 rings (SSSR count). The largest absolute Gasteiger partial charge is 0.492 e. The molecule has 19 heavy (non-hydrogen) atoms. The van der Waals surface area contributed by atoms with Gasteiger partial charge in [0.25, 0.3) is 0 Å². The third-order valence-electron chi connectivity index (χ3n) is 3.68. The van der Waals surface area contributed by atoms with Gasteiger partial charge in [-0.05, 0) is 19.1 Å². The van der Waals surface area contributed by atoms with E-state index in [1.54, 1.807) is 0 Å². The summed E-state index contributed by atoms with van der Waals surface area (Å²) in [5, 5.41) is 3.34. The Morgan fingerprint density at radius 2 is 2.26 bits per heavy atom. The van der Waals surface area contributed by atoms with E-state index in [2.05, 4.69) is 5.32 Å². The SMILES string of the molecule is CCOc1ccccc1N1CC2CNCCN2C1=O. The number of hydrogen-bond acceptors (Lipinski definition) is 3. The van der Waals surface area contributed by atoms with Crippen molar-refractivity contribution in [1.29, 1.82) is 0 Å². The van der Waals surface area contributed by atoms with Crippen LogP contribution >= 0.6 is 0 Å². The maximum atomic E-state index is 12.5. The second-order valence-electron chi connectivity index (χ2n) is 4.85. The smallest absolute Gasteiger partial charge is 0.325 e. The van der Waals surface area contributed by atoms with E-state index >= 15 is 0 Å². The average molecular weight is 261 g/mol. The third-order valence-corrected chi connectivity index (χ3v) is 3.68. The topological polar surface area (TPSA) is 44.8 Å². The third kappa shape index (κ3) is 2.14. The maximum absolute atomic E-state index is 12.5. The fraction of sp³-hybridized carbons (Fsp3) is 0.500. The average Bonchev–Trinajstić information content (AvgIpc) is 2.78. The number of fused-ring (bicyclic) bond motifs is 1. The number of para-hydroxylation sites is 2. The first kappa shape index (κ1) is 12.3. The lowest BCUT2D eigenvalue weighted by Gasteiger charge is -2.28. The zero-order chi connectivity index (χ0) is 13.2. The number of hydrogen-bond donors (Lipinski definition) is 1. The Balaban J connectivity index is 1.88. The maximum Gasteiger partial charge on any atom is 0.325 e. The highest BCUT2D eigenvalue weighted by Gasteiger charge is 2.39. The number of benzene rings is 1. The molecule has 0 saturated carbocycles. The van der Waals surface area contributed by atoms with E-state index in [-0.39, 0.29) is 12.1 Å². The second-order valence-corrected chi connectivity index (χ2v) is 4.85. The quantitative estimate of drug-likeness (QED) is 0.892. The Morgan fingerprint density at radius 1 is 1.42 bits per heavy atom.